The highest BCUT2D eigenvalue weighted by atomic mass is 79.9. The number of rotatable bonds is 2. The van der Waals surface area contributed by atoms with Gasteiger partial charge in [-0.2, -0.15) is 0 Å². The second-order valence-corrected chi connectivity index (χ2v) is 6.01. The minimum absolute atomic E-state index is 0.0862. The van der Waals surface area contributed by atoms with Gasteiger partial charge in [0.15, 0.2) is 0 Å². The lowest BCUT2D eigenvalue weighted by Crippen LogP contribution is -2.55. The number of hydrogen-bond acceptors (Lipinski definition) is 2. The Morgan fingerprint density at radius 2 is 1.84 bits per heavy atom. The van der Waals surface area contributed by atoms with Crippen molar-refractivity contribution in [3.63, 3.8) is 0 Å². The predicted molar refractivity (Wildman–Crippen MR) is 81.8 cm³/mol. The maximum Gasteiger partial charge on any atom is 0.246 e. The molecule has 0 spiro atoms. The summed E-state index contributed by atoms with van der Waals surface area (Å²) in [7, 11) is 0. The first-order valence-electron chi connectivity index (χ1n) is 6.53. The van der Waals surface area contributed by atoms with E-state index in [1.165, 1.54) is 0 Å². The number of carbonyl (C=O) groups is 1. The summed E-state index contributed by atoms with van der Waals surface area (Å²) in [6.45, 7) is 5.75. The lowest BCUT2D eigenvalue weighted by molar-refractivity contribution is -0.127. The van der Waals surface area contributed by atoms with Crippen molar-refractivity contribution in [3.05, 3.63) is 40.4 Å². The average Bonchev–Trinajstić information content (AvgIpc) is 2.36. The van der Waals surface area contributed by atoms with E-state index in [9.17, 15) is 4.79 Å². The van der Waals surface area contributed by atoms with E-state index in [1.807, 2.05) is 35.2 Å². The topological polar surface area (TPSA) is 32.3 Å². The number of nitrogens with zero attached hydrogens (tertiary/aromatic N) is 1. The van der Waals surface area contributed by atoms with E-state index in [0.717, 1.165) is 23.1 Å². The third-order valence-electron chi connectivity index (χ3n) is 3.16. The van der Waals surface area contributed by atoms with E-state index >= 15 is 0 Å². The fourth-order valence-electron chi connectivity index (χ4n) is 2.35. The minimum Gasteiger partial charge on any atom is -0.336 e. The van der Waals surface area contributed by atoms with Crippen molar-refractivity contribution in [2.45, 2.75) is 25.9 Å². The van der Waals surface area contributed by atoms with Gasteiger partial charge in [0.2, 0.25) is 5.91 Å². The van der Waals surface area contributed by atoms with Crippen LogP contribution >= 0.6 is 15.9 Å². The molecule has 1 aliphatic heterocycles. The van der Waals surface area contributed by atoms with Crippen LogP contribution in [0.3, 0.4) is 0 Å². The monoisotopic (exact) mass is 322 g/mol. The number of amides is 1. The molecule has 2 atom stereocenters. The third-order valence-corrected chi connectivity index (χ3v) is 3.69. The summed E-state index contributed by atoms with van der Waals surface area (Å²) in [5, 5.41) is 3.42. The third kappa shape index (κ3) is 4.18. The number of piperazine rings is 1. The average molecular weight is 323 g/mol. The van der Waals surface area contributed by atoms with Crippen LogP contribution in [0.15, 0.2) is 34.8 Å². The minimum atomic E-state index is 0.0862. The molecule has 0 aliphatic carbocycles. The molecule has 4 heteroatoms. The maximum atomic E-state index is 12.1. The fraction of sp³-hybridized carbons (Fsp3) is 0.400. The molecule has 0 bridgehead atoms. The van der Waals surface area contributed by atoms with Crippen LogP contribution in [0.5, 0.6) is 0 Å². The van der Waals surface area contributed by atoms with Crippen molar-refractivity contribution in [1.82, 2.24) is 10.2 Å². The second kappa shape index (κ2) is 6.35. The van der Waals surface area contributed by atoms with Crippen molar-refractivity contribution in [3.8, 4) is 0 Å². The Morgan fingerprint density at radius 1 is 1.26 bits per heavy atom. The van der Waals surface area contributed by atoms with Crippen molar-refractivity contribution >= 4 is 27.9 Å². The molecule has 1 fully saturated rings. The van der Waals surface area contributed by atoms with Crippen molar-refractivity contribution in [2.24, 2.45) is 0 Å². The summed E-state index contributed by atoms with van der Waals surface area (Å²) in [4.78, 5) is 14.0. The van der Waals surface area contributed by atoms with Crippen LogP contribution in [0.2, 0.25) is 0 Å². The van der Waals surface area contributed by atoms with Gasteiger partial charge in [0.1, 0.15) is 0 Å². The highest BCUT2D eigenvalue weighted by Crippen LogP contribution is 2.12. The number of halogens is 1. The van der Waals surface area contributed by atoms with E-state index in [-0.39, 0.29) is 5.91 Å². The Morgan fingerprint density at radius 3 is 2.42 bits per heavy atom. The SMILES string of the molecule is CC1CN(C(=O)C=Cc2ccc(Br)cc2)CC(C)N1. The molecule has 1 aromatic rings. The number of nitrogens with one attached hydrogen (secondary N) is 1. The van der Waals surface area contributed by atoms with Crippen LogP contribution in [-0.2, 0) is 4.79 Å². The van der Waals surface area contributed by atoms with Crippen molar-refractivity contribution < 1.29 is 4.79 Å². The summed E-state index contributed by atoms with van der Waals surface area (Å²) < 4.78 is 1.04. The largest absolute Gasteiger partial charge is 0.336 e. The van der Waals surface area contributed by atoms with Gasteiger partial charge in [-0.15, -0.1) is 0 Å². The summed E-state index contributed by atoms with van der Waals surface area (Å²) in [5.41, 5.74) is 1.03. The molecule has 2 unspecified atom stereocenters. The normalized spacial score (nSPS) is 23.8. The Hall–Kier alpha value is -1.13. The molecule has 1 saturated heterocycles. The molecule has 1 aromatic carbocycles. The van der Waals surface area contributed by atoms with E-state index in [1.54, 1.807) is 6.08 Å². The number of hydrogen-bond donors (Lipinski definition) is 1. The molecular weight excluding hydrogens is 304 g/mol. The molecule has 1 heterocycles. The molecule has 0 aromatic heterocycles. The Labute approximate surface area is 122 Å². The Balaban J connectivity index is 1.98. The molecular formula is C15H19BrN2O. The van der Waals surface area contributed by atoms with Gasteiger partial charge in [-0.3, -0.25) is 4.79 Å². The van der Waals surface area contributed by atoms with Gasteiger partial charge in [-0.25, -0.2) is 0 Å². The van der Waals surface area contributed by atoms with Gasteiger partial charge >= 0.3 is 0 Å². The van der Waals surface area contributed by atoms with E-state index < -0.39 is 0 Å². The van der Waals surface area contributed by atoms with Crippen LogP contribution < -0.4 is 5.32 Å². The number of carbonyl (C=O) groups excluding carboxylic acids is 1. The molecule has 102 valence electrons. The van der Waals surface area contributed by atoms with Gasteiger partial charge in [0.25, 0.3) is 0 Å². The zero-order valence-corrected chi connectivity index (χ0v) is 12.9. The van der Waals surface area contributed by atoms with Crippen LogP contribution in [0.4, 0.5) is 0 Å². The number of benzene rings is 1. The van der Waals surface area contributed by atoms with Gasteiger partial charge < -0.3 is 10.2 Å². The first-order valence-corrected chi connectivity index (χ1v) is 7.32. The molecule has 3 nitrogen and oxygen atoms in total. The van der Waals surface area contributed by atoms with Gasteiger partial charge in [0, 0.05) is 35.7 Å². The van der Waals surface area contributed by atoms with Crippen LogP contribution in [0.25, 0.3) is 6.08 Å². The zero-order valence-electron chi connectivity index (χ0n) is 11.3. The lowest BCUT2D eigenvalue weighted by Gasteiger charge is -2.35. The van der Waals surface area contributed by atoms with Crippen LogP contribution in [0.1, 0.15) is 19.4 Å². The van der Waals surface area contributed by atoms with Gasteiger partial charge in [-0.1, -0.05) is 28.1 Å². The van der Waals surface area contributed by atoms with E-state index in [4.69, 9.17) is 0 Å². The quantitative estimate of drug-likeness (QED) is 0.849. The molecule has 1 N–H and O–H groups in total. The summed E-state index contributed by atoms with van der Waals surface area (Å²) in [5.74, 6) is 0.0862. The second-order valence-electron chi connectivity index (χ2n) is 5.10. The smallest absolute Gasteiger partial charge is 0.246 e. The lowest BCUT2D eigenvalue weighted by atomic mass is 10.1. The van der Waals surface area contributed by atoms with Crippen molar-refractivity contribution in [1.29, 1.82) is 0 Å². The maximum absolute atomic E-state index is 12.1. The summed E-state index contributed by atoms with van der Waals surface area (Å²) in [6, 6.07) is 8.62. The molecule has 19 heavy (non-hydrogen) atoms. The Kier molecular flexibility index (Phi) is 4.77. The van der Waals surface area contributed by atoms with Gasteiger partial charge in [-0.05, 0) is 37.6 Å². The summed E-state index contributed by atoms with van der Waals surface area (Å²) >= 11 is 3.40. The molecule has 1 aliphatic rings. The van der Waals surface area contributed by atoms with Crippen molar-refractivity contribution in [2.75, 3.05) is 13.1 Å². The fourth-order valence-corrected chi connectivity index (χ4v) is 2.62. The standard InChI is InChI=1S/C15H19BrN2O/c1-11-9-18(10-12(2)17-11)15(19)8-5-13-3-6-14(16)7-4-13/h3-8,11-12,17H,9-10H2,1-2H3. The zero-order chi connectivity index (χ0) is 13.8. The molecule has 2 rings (SSSR count). The van der Waals surface area contributed by atoms with Gasteiger partial charge in [0.05, 0.1) is 0 Å². The van der Waals surface area contributed by atoms with Crippen LogP contribution in [-0.4, -0.2) is 36.0 Å². The molecule has 0 saturated carbocycles. The molecule has 0 radical (unpaired) electrons. The Bertz CT molecular complexity index is 460. The molecule has 1 amide bonds. The first-order chi connectivity index (χ1) is 9.04. The van der Waals surface area contributed by atoms with E-state index in [2.05, 4.69) is 35.1 Å². The highest BCUT2D eigenvalue weighted by molar-refractivity contribution is 9.10. The van der Waals surface area contributed by atoms with E-state index in [0.29, 0.717) is 12.1 Å². The highest BCUT2D eigenvalue weighted by Gasteiger charge is 2.23. The first kappa shape index (κ1) is 14.3. The summed E-state index contributed by atoms with van der Waals surface area (Å²) in [6.07, 6.45) is 3.53. The van der Waals surface area contributed by atoms with Crippen LogP contribution in [0, 0.1) is 0 Å². The predicted octanol–water partition coefficient (Wildman–Crippen LogP) is 2.67.